The minimum atomic E-state index is -0.573. The summed E-state index contributed by atoms with van der Waals surface area (Å²) in [6.07, 6.45) is 2.80. The molecule has 1 amide bonds. The Hall–Kier alpha value is -3.49. The van der Waals surface area contributed by atoms with Crippen LogP contribution < -0.4 is 16.6 Å². The fourth-order valence-electron chi connectivity index (χ4n) is 3.64. The van der Waals surface area contributed by atoms with Gasteiger partial charge in [-0.15, -0.1) is 0 Å². The zero-order chi connectivity index (χ0) is 21.3. The highest BCUT2D eigenvalue weighted by atomic mass is 16.5. The number of aryl methyl sites for hydroxylation is 2. The molecule has 3 heterocycles. The van der Waals surface area contributed by atoms with Crippen LogP contribution in [0.2, 0.25) is 0 Å². The highest BCUT2D eigenvalue weighted by Crippen LogP contribution is 2.22. The van der Waals surface area contributed by atoms with Crippen molar-refractivity contribution in [2.75, 3.05) is 5.32 Å². The average Bonchev–Trinajstić information content (AvgIpc) is 3.22. The van der Waals surface area contributed by atoms with E-state index in [1.807, 2.05) is 26.0 Å². The van der Waals surface area contributed by atoms with E-state index in [4.69, 9.17) is 4.52 Å². The number of benzene rings is 1. The van der Waals surface area contributed by atoms with Crippen LogP contribution in [0, 0.1) is 6.92 Å². The summed E-state index contributed by atoms with van der Waals surface area (Å²) >= 11 is 0. The lowest BCUT2D eigenvalue weighted by atomic mass is 10.0. The number of carbonyl (C=O) groups excluding carboxylic acids is 1. The number of aromatic nitrogens is 4. The van der Waals surface area contributed by atoms with Crippen LogP contribution in [0.1, 0.15) is 36.9 Å². The Kier molecular flexibility index (Phi) is 5.35. The van der Waals surface area contributed by atoms with Crippen molar-refractivity contribution in [3.63, 3.8) is 0 Å². The van der Waals surface area contributed by atoms with E-state index >= 15 is 0 Å². The lowest BCUT2D eigenvalue weighted by Crippen LogP contribution is -2.45. The van der Waals surface area contributed by atoms with Gasteiger partial charge in [-0.25, -0.2) is 4.79 Å². The predicted molar refractivity (Wildman–Crippen MR) is 110 cm³/mol. The number of nitrogens with zero attached hydrogens (tertiary/aromatic N) is 4. The first-order valence-electron chi connectivity index (χ1n) is 10.0. The van der Waals surface area contributed by atoms with Crippen molar-refractivity contribution in [2.24, 2.45) is 0 Å². The number of anilines is 1. The van der Waals surface area contributed by atoms with Crippen LogP contribution in [0.3, 0.4) is 0 Å². The van der Waals surface area contributed by atoms with E-state index in [9.17, 15) is 14.4 Å². The zero-order valence-electron chi connectivity index (χ0n) is 17.0. The minimum Gasteiger partial charge on any atom is -0.339 e. The quantitative estimate of drug-likeness (QED) is 0.689. The molecule has 9 heteroatoms. The maximum absolute atomic E-state index is 13.2. The molecule has 0 saturated heterocycles. The summed E-state index contributed by atoms with van der Waals surface area (Å²) in [7, 11) is 0. The molecule has 1 aromatic carbocycles. The molecule has 9 nitrogen and oxygen atoms in total. The molecule has 1 N–H and O–H groups in total. The molecule has 3 aromatic rings. The van der Waals surface area contributed by atoms with Gasteiger partial charge in [0.1, 0.15) is 12.1 Å². The third-order valence-electron chi connectivity index (χ3n) is 5.21. The van der Waals surface area contributed by atoms with Crippen LogP contribution in [0.15, 0.2) is 38.4 Å². The van der Waals surface area contributed by atoms with E-state index in [1.165, 1.54) is 0 Å². The van der Waals surface area contributed by atoms with Crippen molar-refractivity contribution < 1.29 is 9.32 Å². The summed E-state index contributed by atoms with van der Waals surface area (Å²) < 4.78 is 7.69. The second kappa shape index (κ2) is 8.10. The molecule has 0 atom stereocenters. The number of nitrogens with one attached hydrogen (secondary N) is 1. The third kappa shape index (κ3) is 3.70. The van der Waals surface area contributed by atoms with Crippen LogP contribution in [-0.4, -0.2) is 25.2 Å². The number of amides is 1. The van der Waals surface area contributed by atoms with Gasteiger partial charge >= 0.3 is 5.69 Å². The molecule has 0 spiro atoms. The van der Waals surface area contributed by atoms with E-state index in [1.54, 1.807) is 16.7 Å². The zero-order valence-corrected chi connectivity index (χ0v) is 17.0. The van der Waals surface area contributed by atoms with Crippen molar-refractivity contribution in [1.82, 2.24) is 19.3 Å². The molecule has 0 unspecified atom stereocenters. The van der Waals surface area contributed by atoms with Gasteiger partial charge in [-0.05, 0) is 38.3 Å². The molecule has 0 bridgehead atoms. The molecular formula is C21H23N5O4. The highest BCUT2D eigenvalue weighted by molar-refractivity contribution is 5.90. The number of rotatable bonds is 5. The van der Waals surface area contributed by atoms with Gasteiger partial charge in [0, 0.05) is 24.3 Å². The Morgan fingerprint density at radius 1 is 1.20 bits per heavy atom. The molecule has 0 fully saturated rings. The average molecular weight is 409 g/mol. The standard InChI is InChI=1S/C21H23N5O4/c1-3-17-23-19(24-30-17)18-15-6-4-5-11-25(15)21(29)26(20(18)28)12-16(27)22-14-9-7-13(2)8-10-14/h7-10H,3-6,11-12H2,1-2H3,(H,22,27). The van der Waals surface area contributed by atoms with Crippen LogP contribution in [-0.2, 0) is 30.7 Å². The first kappa shape index (κ1) is 19.8. The number of carbonyl (C=O) groups is 1. The Labute approximate surface area is 172 Å². The van der Waals surface area contributed by atoms with Gasteiger partial charge in [0.05, 0.1) is 0 Å². The van der Waals surface area contributed by atoms with Crippen molar-refractivity contribution in [1.29, 1.82) is 0 Å². The third-order valence-corrected chi connectivity index (χ3v) is 5.21. The van der Waals surface area contributed by atoms with Crippen molar-refractivity contribution >= 4 is 11.6 Å². The summed E-state index contributed by atoms with van der Waals surface area (Å²) in [5.74, 6) is 0.117. The molecule has 4 rings (SSSR count). The van der Waals surface area contributed by atoms with E-state index in [-0.39, 0.29) is 11.4 Å². The molecule has 0 saturated carbocycles. The van der Waals surface area contributed by atoms with Gasteiger partial charge in [-0.3, -0.25) is 18.7 Å². The van der Waals surface area contributed by atoms with Gasteiger partial charge in [-0.2, -0.15) is 4.98 Å². The molecular weight excluding hydrogens is 386 g/mol. The fourth-order valence-corrected chi connectivity index (χ4v) is 3.64. The topological polar surface area (TPSA) is 112 Å². The van der Waals surface area contributed by atoms with Gasteiger partial charge in [0.15, 0.2) is 0 Å². The number of fused-ring (bicyclic) bond motifs is 1. The molecule has 1 aliphatic heterocycles. The summed E-state index contributed by atoms with van der Waals surface area (Å²) in [6, 6.07) is 7.28. The minimum absolute atomic E-state index is 0.162. The first-order chi connectivity index (χ1) is 14.5. The summed E-state index contributed by atoms with van der Waals surface area (Å²) in [6.45, 7) is 3.91. The lowest BCUT2D eigenvalue weighted by molar-refractivity contribution is -0.116. The summed E-state index contributed by atoms with van der Waals surface area (Å²) in [5.41, 5.74) is 1.44. The Bertz CT molecular complexity index is 1200. The summed E-state index contributed by atoms with van der Waals surface area (Å²) in [5, 5.41) is 6.66. The van der Waals surface area contributed by atoms with Crippen LogP contribution in [0.25, 0.3) is 11.4 Å². The normalized spacial score (nSPS) is 13.1. The monoisotopic (exact) mass is 409 g/mol. The van der Waals surface area contributed by atoms with E-state index in [0.29, 0.717) is 36.7 Å². The molecule has 2 aromatic heterocycles. The van der Waals surface area contributed by atoms with Crippen LogP contribution in [0.4, 0.5) is 5.69 Å². The molecule has 30 heavy (non-hydrogen) atoms. The molecule has 1 aliphatic rings. The Balaban J connectivity index is 1.75. The second-order valence-corrected chi connectivity index (χ2v) is 7.38. The highest BCUT2D eigenvalue weighted by Gasteiger charge is 2.26. The SMILES string of the molecule is CCc1nc(-c2c3n(c(=O)n(CC(=O)Nc4ccc(C)cc4)c2=O)CCCC3)no1. The van der Waals surface area contributed by atoms with E-state index in [2.05, 4.69) is 15.5 Å². The maximum atomic E-state index is 13.2. The van der Waals surface area contributed by atoms with Gasteiger partial charge in [0.2, 0.25) is 17.6 Å². The van der Waals surface area contributed by atoms with Crippen LogP contribution >= 0.6 is 0 Å². The van der Waals surface area contributed by atoms with Gasteiger partial charge in [-0.1, -0.05) is 29.8 Å². The number of hydrogen-bond acceptors (Lipinski definition) is 6. The Morgan fingerprint density at radius 3 is 2.67 bits per heavy atom. The maximum Gasteiger partial charge on any atom is 0.331 e. The number of hydrogen-bond donors (Lipinski definition) is 1. The molecule has 0 aliphatic carbocycles. The van der Waals surface area contributed by atoms with Gasteiger partial charge < -0.3 is 9.84 Å². The van der Waals surface area contributed by atoms with Crippen LogP contribution in [0.5, 0.6) is 0 Å². The van der Waals surface area contributed by atoms with Gasteiger partial charge in [0.25, 0.3) is 5.56 Å². The second-order valence-electron chi connectivity index (χ2n) is 7.38. The molecule has 156 valence electrons. The Morgan fingerprint density at radius 2 is 1.97 bits per heavy atom. The predicted octanol–water partition coefficient (Wildman–Crippen LogP) is 1.91. The molecule has 0 radical (unpaired) electrons. The van der Waals surface area contributed by atoms with E-state index in [0.717, 1.165) is 23.0 Å². The largest absolute Gasteiger partial charge is 0.339 e. The summed E-state index contributed by atoms with van der Waals surface area (Å²) in [4.78, 5) is 43.1. The fraction of sp³-hybridized carbons (Fsp3) is 0.381. The van der Waals surface area contributed by atoms with E-state index < -0.39 is 23.7 Å². The lowest BCUT2D eigenvalue weighted by Gasteiger charge is -2.21. The van der Waals surface area contributed by atoms with Crippen molar-refractivity contribution in [3.05, 3.63) is 62.3 Å². The smallest absolute Gasteiger partial charge is 0.331 e. The first-order valence-corrected chi connectivity index (χ1v) is 10.0. The van der Waals surface area contributed by atoms with Crippen molar-refractivity contribution in [2.45, 2.75) is 52.6 Å². The van der Waals surface area contributed by atoms with Crippen molar-refractivity contribution in [3.8, 4) is 11.4 Å².